The first kappa shape index (κ1) is 34.1. The number of hydrogen-bond donors (Lipinski definition) is 1. The van der Waals surface area contributed by atoms with Crippen LogP contribution in [0, 0.1) is 0 Å². The van der Waals surface area contributed by atoms with Gasteiger partial charge in [0.15, 0.2) is 0 Å². The van der Waals surface area contributed by atoms with E-state index in [1.54, 1.807) is 20.8 Å². The third-order valence-corrected chi connectivity index (χ3v) is 1.35. The number of rotatable bonds is 4. The summed E-state index contributed by atoms with van der Waals surface area (Å²) in [5.41, 5.74) is 0.715. The van der Waals surface area contributed by atoms with Crippen molar-refractivity contribution >= 4 is 24.3 Å². The summed E-state index contributed by atoms with van der Waals surface area (Å²) in [4.78, 5) is 24.3. The Morgan fingerprint density at radius 3 is 1.29 bits per heavy atom. The highest BCUT2D eigenvalue weighted by Crippen LogP contribution is 1.93. The Kier molecular flexibility index (Phi) is 33.9. The molecule has 0 rings (SSSR count). The van der Waals surface area contributed by atoms with Crippen molar-refractivity contribution in [2.75, 3.05) is 48.9 Å². The molecule has 0 unspecified atom stereocenters. The Hall–Kier alpha value is -1.37. The van der Waals surface area contributed by atoms with Crippen molar-refractivity contribution in [3.63, 3.8) is 0 Å². The van der Waals surface area contributed by atoms with Crippen molar-refractivity contribution in [2.24, 2.45) is 0 Å². The number of carboxylic acids is 1. The predicted octanol–water partition coefficient (Wildman–Crippen LogP) is 2.94. The number of carbonyl (C=O) groups is 2. The molecule has 0 bridgehead atoms. The summed E-state index contributed by atoms with van der Waals surface area (Å²) in [7, 11) is 12.0. The Bertz CT molecular complexity index is 332. The van der Waals surface area contributed by atoms with Crippen molar-refractivity contribution in [1.29, 1.82) is 0 Å². The number of carbonyl (C=O) groups excluding carboxylic acids is 1. The van der Waals surface area contributed by atoms with E-state index in [0.29, 0.717) is 18.6 Å². The second-order valence-corrected chi connectivity index (χ2v) is 5.45. The summed E-state index contributed by atoms with van der Waals surface area (Å²) < 4.78 is 4.56. The Morgan fingerprint density at radius 2 is 1.25 bits per heavy atom. The summed E-state index contributed by atoms with van der Waals surface area (Å²) >= 11 is 0. The maximum atomic E-state index is 10.4. The van der Waals surface area contributed by atoms with Gasteiger partial charge < -0.3 is 19.6 Å². The molecule has 0 heterocycles. The minimum atomic E-state index is -0.900. The van der Waals surface area contributed by atoms with E-state index in [0.717, 1.165) is 0 Å². The van der Waals surface area contributed by atoms with Crippen LogP contribution in [0.15, 0.2) is 24.3 Å². The molecule has 0 aromatic rings. The van der Waals surface area contributed by atoms with Crippen LogP contribution >= 0.6 is 12.4 Å². The van der Waals surface area contributed by atoms with Gasteiger partial charge in [-0.15, -0.1) is 12.4 Å². The first-order valence-electron chi connectivity index (χ1n) is 7.28. The highest BCUT2D eigenvalue weighted by Gasteiger charge is 1.98. The molecule has 0 fully saturated rings. The van der Waals surface area contributed by atoms with Gasteiger partial charge in [0.1, 0.15) is 0 Å². The first-order valence-corrected chi connectivity index (χ1v) is 7.28. The fourth-order valence-corrected chi connectivity index (χ4v) is 0.406. The molecule has 1 N–H and O–H groups in total. The van der Waals surface area contributed by atoms with E-state index in [1.165, 1.54) is 0 Å². The molecule has 146 valence electrons. The molecular formula is C17H37ClN2O4. The van der Waals surface area contributed by atoms with Crippen molar-refractivity contribution in [3.8, 4) is 0 Å². The van der Waals surface area contributed by atoms with Crippen LogP contribution in [0.5, 0.6) is 0 Å². The molecule has 0 aliphatic heterocycles. The zero-order valence-electron chi connectivity index (χ0n) is 16.8. The topological polar surface area (TPSA) is 70.1 Å². The molecule has 7 heteroatoms. The molecular weight excluding hydrogens is 332 g/mol. The lowest BCUT2D eigenvalue weighted by Crippen LogP contribution is -2.03. The van der Waals surface area contributed by atoms with Crippen LogP contribution in [0.25, 0.3) is 0 Å². The zero-order chi connectivity index (χ0) is 19.6. The average Bonchev–Trinajstić information content (AvgIpc) is 2.37. The summed E-state index contributed by atoms with van der Waals surface area (Å²) in [5, 5.41) is 8.08. The minimum absolute atomic E-state index is 0. The molecule has 0 aromatic heterocycles. The molecule has 0 aliphatic rings. The monoisotopic (exact) mass is 368 g/mol. The van der Waals surface area contributed by atoms with Crippen molar-refractivity contribution < 1.29 is 19.4 Å². The van der Waals surface area contributed by atoms with Crippen LogP contribution in [0.2, 0.25) is 0 Å². The molecule has 0 amide bonds. The molecule has 0 radical (unpaired) electrons. The van der Waals surface area contributed by atoms with Gasteiger partial charge in [-0.1, -0.05) is 20.1 Å². The van der Waals surface area contributed by atoms with E-state index < -0.39 is 5.97 Å². The Morgan fingerprint density at radius 1 is 0.958 bits per heavy atom. The Labute approximate surface area is 154 Å². The molecule has 0 atom stereocenters. The lowest BCUT2D eigenvalue weighted by Gasteiger charge is -1.96. The molecule has 0 saturated heterocycles. The van der Waals surface area contributed by atoms with Gasteiger partial charge in [-0.25, -0.2) is 9.59 Å². The van der Waals surface area contributed by atoms with E-state index >= 15 is 0 Å². The van der Waals surface area contributed by atoms with Gasteiger partial charge in [-0.3, -0.25) is 0 Å². The van der Waals surface area contributed by atoms with Crippen LogP contribution < -0.4 is 0 Å². The Balaban J connectivity index is -0.0000000691. The summed E-state index contributed by atoms with van der Waals surface area (Å²) in [6.45, 7) is 12.2. The molecule has 0 aliphatic carbocycles. The second kappa shape index (κ2) is 23.9. The quantitative estimate of drug-likeness (QED) is 0.607. The summed E-state index contributed by atoms with van der Waals surface area (Å²) in [6, 6.07) is 0. The third-order valence-electron chi connectivity index (χ3n) is 1.35. The fraction of sp³-hybridized carbons (Fsp3) is 0.647. The number of nitrogens with zero attached hydrogens (tertiary/aromatic N) is 2. The highest BCUT2D eigenvalue weighted by molar-refractivity contribution is 5.87. The van der Waals surface area contributed by atoms with Gasteiger partial charge in [0.2, 0.25) is 0 Å². The SMILES string of the molecule is C=C(C)C(=O)OCC.C=C(CC)C(=O)O.CN(C)C.CN(C)C.Cl. The van der Waals surface area contributed by atoms with E-state index in [9.17, 15) is 9.59 Å². The summed E-state index contributed by atoms with van der Waals surface area (Å²) in [6.07, 6.45) is 0.523. The predicted molar refractivity (Wildman–Crippen MR) is 105 cm³/mol. The maximum Gasteiger partial charge on any atom is 0.333 e. The number of carboxylic acid groups (broad SMARTS) is 1. The normalized spacial score (nSPS) is 8.12. The van der Waals surface area contributed by atoms with E-state index in [1.807, 2.05) is 52.1 Å². The smallest absolute Gasteiger partial charge is 0.333 e. The van der Waals surface area contributed by atoms with Crippen LogP contribution in [0.4, 0.5) is 0 Å². The molecule has 0 saturated carbocycles. The number of ether oxygens (including phenoxy) is 1. The highest BCUT2D eigenvalue weighted by atomic mass is 35.5. The summed E-state index contributed by atoms with van der Waals surface area (Å²) in [5.74, 6) is -1.21. The van der Waals surface area contributed by atoms with Crippen molar-refractivity contribution in [3.05, 3.63) is 24.3 Å². The number of hydrogen-bond acceptors (Lipinski definition) is 5. The van der Waals surface area contributed by atoms with Crippen LogP contribution in [-0.2, 0) is 14.3 Å². The third kappa shape index (κ3) is 58.8. The number of aliphatic carboxylic acids is 1. The molecule has 0 spiro atoms. The lowest BCUT2D eigenvalue weighted by atomic mass is 10.2. The van der Waals surface area contributed by atoms with Crippen LogP contribution in [0.3, 0.4) is 0 Å². The standard InChI is InChI=1S/C6H10O2.C5H8O2.2C3H9N.ClH/c1-4-8-6(7)5(2)3;1-3-4(2)5(6)7;2*1-4(2)3;/h2,4H2,1,3H3;2-3H2,1H3,(H,6,7);2*1-3H3;1H. The zero-order valence-corrected chi connectivity index (χ0v) is 17.6. The van der Waals surface area contributed by atoms with E-state index in [4.69, 9.17) is 5.11 Å². The van der Waals surface area contributed by atoms with Crippen LogP contribution in [0.1, 0.15) is 27.2 Å². The number of halogens is 1. The number of esters is 1. The first-order chi connectivity index (χ1) is 10.3. The van der Waals surface area contributed by atoms with E-state index in [2.05, 4.69) is 17.9 Å². The van der Waals surface area contributed by atoms with Crippen LogP contribution in [-0.4, -0.2) is 75.7 Å². The largest absolute Gasteiger partial charge is 0.478 e. The second-order valence-electron chi connectivity index (χ2n) is 5.45. The van der Waals surface area contributed by atoms with Gasteiger partial charge in [0, 0.05) is 11.1 Å². The average molecular weight is 369 g/mol. The van der Waals surface area contributed by atoms with Crippen molar-refractivity contribution in [2.45, 2.75) is 27.2 Å². The van der Waals surface area contributed by atoms with Gasteiger partial charge in [-0.2, -0.15) is 0 Å². The van der Waals surface area contributed by atoms with Gasteiger partial charge >= 0.3 is 11.9 Å². The molecule has 6 nitrogen and oxygen atoms in total. The van der Waals surface area contributed by atoms with Crippen molar-refractivity contribution in [1.82, 2.24) is 9.80 Å². The maximum absolute atomic E-state index is 10.4. The van der Waals surface area contributed by atoms with Gasteiger partial charge in [0.25, 0.3) is 0 Å². The minimum Gasteiger partial charge on any atom is -0.478 e. The van der Waals surface area contributed by atoms with E-state index in [-0.39, 0.29) is 23.9 Å². The van der Waals surface area contributed by atoms with Gasteiger partial charge in [0.05, 0.1) is 6.61 Å². The molecule has 0 aromatic carbocycles. The lowest BCUT2D eigenvalue weighted by molar-refractivity contribution is -0.138. The molecule has 24 heavy (non-hydrogen) atoms. The van der Waals surface area contributed by atoms with Gasteiger partial charge in [-0.05, 0) is 62.6 Å². The fourth-order valence-electron chi connectivity index (χ4n) is 0.406.